The smallest absolute Gasteiger partial charge is 0.252 e. The van der Waals surface area contributed by atoms with Gasteiger partial charge in [-0.25, -0.2) is 32.2 Å². The van der Waals surface area contributed by atoms with E-state index in [0.717, 1.165) is 16.5 Å². The van der Waals surface area contributed by atoms with Gasteiger partial charge in [0.1, 0.15) is 21.5 Å². The van der Waals surface area contributed by atoms with E-state index in [0.29, 0.717) is 29.6 Å². The number of aromatic nitrogens is 5. The van der Waals surface area contributed by atoms with E-state index in [1.807, 2.05) is 12.3 Å². The molecule has 1 aliphatic carbocycles. The number of nitrogens with zero attached hydrogens (tertiary/aromatic N) is 6. The first-order valence-electron chi connectivity index (χ1n) is 13.9. The van der Waals surface area contributed by atoms with Gasteiger partial charge in [0.15, 0.2) is 11.0 Å². The summed E-state index contributed by atoms with van der Waals surface area (Å²) in [4.78, 5) is 15.8. The van der Waals surface area contributed by atoms with E-state index in [2.05, 4.69) is 63.2 Å². The van der Waals surface area contributed by atoms with Crippen LogP contribution in [0.25, 0.3) is 22.2 Å². The number of nitrogens with one attached hydrogen (secondary N) is 1. The molecule has 13 heteroatoms. The lowest BCUT2D eigenvalue weighted by atomic mass is 9.88. The fraction of sp³-hybridized carbons (Fsp3) is 0.448. The zero-order chi connectivity index (χ0) is 30.0. The Morgan fingerprint density at radius 2 is 1.90 bits per heavy atom. The van der Waals surface area contributed by atoms with Crippen molar-refractivity contribution in [3.63, 3.8) is 0 Å². The van der Waals surface area contributed by atoms with Crippen molar-refractivity contribution in [1.82, 2.24) is 24.7 Å². The molecule has 4 aromatic rings. The SMILES string of the molecule is CC(C)c1ccc(N2C[C@H](CS(C)(=O)=O)[C@H]2C)c2cnc(Nc3ccnc(-c4cn(C5CC(F)(F)C5)nc4Cl)n3)cc12. The second kappa shape index (κ2) is 10.4. The van der Waals surface area contributed by atoms with Crippen molar-refractivity contribution < 1.29 is 17.2 Å². The van der Waals surface area contributed by atoms with Crippen LogP contribution in [0.2, 0.25) is 5.15 Å². The van der Waals surface area contributed by atoms with E-state index in [1.165, 1.54) is 16.5 Å². The minimum Gasteiger partial charge on any atom is -0.368 e. The molecule has 0 amide bonds. The third kappa shape index (κ3) is 5.54. The van der Waals surface area contributed by atoms with Gasteiger partial charge in [0.2, 0.25) is 0 Å². The summed E-state index contributed by atoms with van der Waals surface area (Å²) in [6, 6.07) is 7.63. The molecule has 9 nitrogen and oxygen atoms in total. The van der Waals surface area contributed by atoms with Crippen molar-refractivity contribution in [1.29, 1.82) is 0 Å². The molecule has 0 unspecified atom stereocenters. The van der Waals surface area contributed by atoms with Gasteiger partial charge < -0.3 is 10.2 Å². The van der Waals surface area contributed by atoms with Gasteiger partial charge >= 0.3 is 0 Å². The Morgan fingerprint density at radius 3 is 2.57 bits per heavy atom. The number of rotatable bonds is 8. The first kappa shape index (κ1) is 28.7. The summed E-state index contributed by atoms with van der Waals surface area (Å²) in [5, 5.41) is 9.68. The maximum absolute atomic E-state index is 13.4. The number of sulfone groups is 1. The molecule has 1 N–H and O–H groups in total. The van der Waals surface area contributed by atoms with Crippen LogP contribution in [0.1, 0.15) is 51.1 Å². The first-order chi connectivity index (χ1) is 19.8. The summed E-state index contributed by atoms with van der Waals surface area (Å²) >= 11 is 6.34. The minimum atomic E-state index is -3.04. The second-order valence-electron chi connectivity index (χ2n) is 11.8. The van der Waals surface area contributed by atoms with Crippen LogP contribution < -0.4 is 10.2 Å². The molecule has 2 atom stereocenters. The molecule has 2 aliphatic rings. The topological polar surface area (TPSA) is 106 Å². The lowest BCUT2D eigenvalue weighted by Gasteiger charge is -2.48. The highest BCUT2D eigenvalue weighted by Crippen LogP contribution is 2.46. The highest BCUT2D eigenvalue weighted by molar-refractivity contribution is 7.90. The number of halogens is 3. The third-order valence-electron chi connectivity index (χ3n) is 8.25. The summed E-state index contributed by atoms with van der Waals surface area (Å²) < 4.78 is 51.9. The Morgan fingerprint density at radius 1 is 1.14 bits per heavy atom. The lowest BCUT2D eigenvalue weighted by molar-refractivity contribution is -0.106. The van der Waals surface area contributed by atoms with Crippen LogP contribution in [0.3, 0.4) is 0 Å². The van der Waals surface area contributed by atoms with Crippen LogP contribution in [-0.4, -0.2) is 63.7 Å². The molecule has 1 saturated carbocycles. The number of hydrogen-bond acceptors (Lipinski definition) is 8. The van der Waals surface area contributed by atoms with Gasteiger partial charge in [-0.2, -0.15) is 5.10 Å². The number of fused-ring (bicyclic) bond motifs is 1. The maximum atomic E-state index is 13.4. The van der Waals surface area contributed by atoms with Crippen molar-refractivity contribution in [2.45, 2.75) is 57.5 Å². The van der Waals surface area contributed by atoms with Crippen LogP contribution in [0, 0.1) is 5.92 Å². The zero-order valence-corrected chi connectivity index (χ0v) is 25.3. The number of anilines is 3. The van der Waals surface area contributed by atoms with Crippen molar-refractivity contribution in [3.05, 3.63) is 53.6 Å². The molecule has 1 saturated heterocycles. The highest BCUT2D eigenvalue weighted by atomic mass is 35.5. The fourth-order valence-electron chi connectivity index (χ4n) is 5.87. The minimum absolute atomic E-state index is 0.0935. The Balaban J connectivity index is 1.27. The van der Waals surface area contributed by atoms with Gasteiger partial charge in [-0.15, -0.1) is 0 Å². The summed E-state index contributed by atoms with van der Waals surface area (Å²) in [6.45, 7) is 7.02. The van der Waals surface area contributed by atoms with Crippen LogP contribution in [0.5, 0.6) is 0 Å². The average Bonchev–Trinajstić information content (AvgIpc) is 3.29. The Hall–Kier alpha value is -3.38. The quantitative estimate of drug-likeness (QED) is 0.248. The van der Waals surface area contributed by atoms with Gasteiger partial charge in [-0.3, -0.25) is 4.68 Å². The number of pyridine rings is 1. The summed E-state index contributed by atoms with van der Waals surface area (Å²) in [7, 11) is -3.04. The number of alkyl halides is 2. The molecule has 1 aromatic carbocycles. The number of benzene rings is 1. The van der Waals surface area contributed by atoms with E-state index in [9.17, 15) is 17.2 Å². The molecule has 1 aliphatic heterocycles. The Kier molecular flexibility index (Phi) is 7.12. The van der Waals surface area contributed by atoms with Gasteiger partial charge in [0.25, 0.3) is 5.92 Å². The highest BCUT2D eigenvalue weighted by Gasteiger charge is 2.47. The molecule has 42 heavy (non-hydrogen) atoms. The Labute approximate surface area is 248 Å². The van der Waals surface area contributed by atoms with Crippen LogP contribution in [0.15, 0.2) is 42.9 Å². The predicted octanol–water partition coefficient (Wildman–Crippen LogP) is 6.25. The summed E-state index contributed by atoms with van der Waals surface area (Å²) in [6.07, 6.45) is 5.80. The normalized spacial score (nSPS) is 20.5. The van der Waals surface area contributed by atoms with Crippen molar-refractivity contribution in [2.24, 2.45) is 5.92 Å². The predicted molar refractivity (Wildman–Crippen MR) is 161 cm³/mol. The molecule has 2 fully saturated rings. The maximum Gasteiger partial charge on any atom is 0.252 e. The molecule has 222 valence electrons. The third-order valence-corrected chi connectivity index (χ3v) is 9.56. The molecular formula is C29H32ClF2N7O2S. The fourth-order valence-corrected chi connectivity index (χ4v) is 7.25. The standard InChI is InChI=1S/C29H32ClF2N7O2S/c1-16(2)20-5-6-24(38-13-18(17(38)3)15-42(4,40)41)22-12-34-26(9-21(20)22)35-25-7-8-33-28(36-25)23-14-39(37-27(23)30)19-10-29(31,32)11-19/h5-9,12,14,16-19H,10-11,13,15H2,1-4H3,(H,33,34,35,36)/t17-,18-/m1/s1. The zero-order valence-electron chi connectivity index (χ0n) is 23.7. The molecule has 0 spiro atoms. The van der Waals surface area contributed by atoms with Crippen LogP contribution in [-0.2, 0) is 9.84 Å². The largest absolute Gasteiger partial charge is 0.368 e. The van der Waals surface area contributed by atoms with Crippen molar-refractivity contribution in [3.8, 4) is 11.4 Å². The van der Waals surface area contributed by atoms with Gasteiger partial charge in [-0.1, -0.05) is 31.5 Å². The lowest BCUT2D eigenvalue weighted by Crippen LogP contribution is -2.57. The van der Waals surface area contributed by atoms with E-state index >= 15 is 0 Å². The monoisotopic (exact) mass is 615 g/mol. The molecule has 4 heterocycles. The molecule has 0 radical (unpaired) electrons. The van der Waals surface area contributed by atoms with Crippen LogP contribution in [0.4, 0.5) is 26.1 Å². The summed E-state index contributed by atoms with van der Waals surface area (Å²) in [5.74, 6) is -0.712. The molecule has 0 bridgehead atoms. The van der Waals surface area contributed by atoms with Gasteiger partial charge in [0.05, 0.1) is 17.4 Å². The van der Waals surface area contributed by atoms with E-state index < -0.39 is 21.8 Å². The second-order valence-corrected chi connectivity index (χ2v) is 14.4. The van der Waals surface area contributed by atoms with Gasteiger partial charge in [0, 0.05) is 67.3 Å². The Bertz CT molecular complexity index is 1770. The molecule has 3 aromatic heterocycles. The van der Waals surface area contributed by atoms with E-state index in [1.54, 1.807) is 18.5 Å². The number of hydrogen-bond donors (Lipinski definition) is 1. The van der Waals surface area contributed by atoms with E-state index in [-0.39, 0.29) is 41.6 Å². The van der Waals surface area contributed by atoms with Crippen LogP contribution >= 0.6 is 11.6 Å². The van der Waals surface area contributed by atoms with Crippen molar-refractivity contribution in [2.75, 3.05) is 28.8 Å². The first-order valence-corrected chi connectivity index (χ1v) is 16.3. The van der Waals surface area contributed by atoms with E-state index in [4.69, 9.17) is 11.6 Å². The average molecular weight is 616 g/mol. The van der Waals surface area contributed by atoms with Crippen molar-refractivity contribution >= 4 is 49.5 Å². The molecule has 6 rings (SSSR count). The molecular weight excluding hydrogens is 584 g/mol. The van der Waals surface area contributed by atoms with Gasteiger partial charge in [-0.05, 0) is 42.0 Å². The summed E-state index contributed by atoms with van der Waals surface area (Å²) in [5.41, 5.74) is 2.67.